The summed E-state index contributed by atoms with van der Waals surface area (Å²) in [6.45, 7) is 2.11. The smallest absolute Gasteiger partial charge is 0.158 e. The maximum atomic E-state index is 6.24. The fraction of sp³-hybridized carbons (Fsp3) is 0.0435. The van der Waals surface area contributed by atoms with Crippen molar-refractivity contribution in [2.75, 3.05) is 5.32 Å². The first-order valence-electron chi connectivity index (χ1n) is 8.47. The van der Waals surface area contributed by atoms with Crippen LogP contribution in [0.15, 0.2) is 83.3 Å². The molecule has 0 radical (unpaired) electrons. The van der Waals surface area contributed by atoms with E-state index in [1.165, 1.54) is 21.7 Å². The maximum absolute atomic E-state index is 6.24. The SMILES string of the molecule is Cc1ccccc1Nc1cccc2c1oc1ccc3ccccc3c12. The van der Waals surface area contributed by atoms with Crippen molar-refractivity contribution in [2.24, 2.45) is 0 Å². The molecule has 0 saturated carbocycles. The van der Waals surface area contributed by atoms with Crippen LogP contribution in [0.2, 0.25) is 0 Å². The third-order valence-corrected chi connectivity index (χ3v) is 4.80. The second-order valence-corrected chi connectivity index (χ2v) is 6.38. The lowest BCUT2D eigenvalue weighted by atomic mass is 10.0. The fourth-order valence-electron chi connectivity index (χ4n) is 3.52. The Labute approximate surface area is 145 Å². The molecule has 2 heteroatoms. The zero-order valence-electron chi connectivity index (χ0n) is 13.9. The number of furan rings is 1. The van der Waals surface area contributed by atoms with Gasteiger partial charge in [0.2, 0.25) is 0 Å². The molecule has 0 fully saturated rings. The van der Waals surface area contributed by atoms with Gasteiger partial charge in [0.05, 0.1) is 5.69 Å². The van der Waals surface area contributed by atoms with Crippen molar-refractivity contribution < 1.29 is 4.42 Å². The third kappa shape index (κ3) is 2.18. The summed E-state index contributed by atoms with van der Waals surface area (Å²) in [4.78, 5) is 0. The average Bonchev–Trinajstić information content (AvgIpc) is 3.04. The Morgan fingerprint density at radius 1 is 0.680 bits per heavy atom. The fourth-order valence-corrected chi connectivity index (χ4v) is 3.52. The number of fused-ring (bicyclic) bond motifs is 5. The summed E-state index contributed by atoms with van der Waals surface area (Å²) >= 11 is 0. The molecule has 0 bridgehead atoms. The number of hydrogen-bond donors (Lipinski definition) is 1. The Balaban J connectivity index is 1.79. The Hall–Kier alpha value is -3.26. The minimum atomic E-state index is 0.900. The van der Waals surface area contributed by atoms with E-state index in [-0.39, 0.29) is 0 Å². The van der Waals surface area contributed by atoms with Crippen LogP contribution in [-0.4, -0.2) is 0 Å². The number of rotatable bonds is 2. The van der Waals surface area contributed by atoms with Crippen LogP contribution in [0.1, 0.15) is 5.56 Å². The number of anilines is 2. The van der Waals surface area contributed by atoms with E-state index in [9.17, 15) is 0 Å². The van der Waals surface area contributed by atoms with Crippen molar-refractivity contribution >= 4 is 44.1 Å². The molecule has 5 aromatic rings. The molecule has 0 atom stereocenters. The molecule has 1 N–H and O–H groups in total. The lowest BCUT2D eigenvalue weighted by Gasteiger charge is -2.09. The molecule has 5 rings (SSSR count). The Bertz CT molecular complexity index is 1230. The molecule has 0 aliphatic heterocycles. The summed E-state index contributed by atoms with van der Waals surface area (Å²) in [5, 5.41) is 8.32. The molecule has 0 saturated heterocycles. The molecule has 0 aliphatic rings. The minimum Gasteiger partial charge on any atom is -0.454 e. The molecule has 0 unspecified atom stereocenters. The molecule has 0 amide bonds. The van der Waals surface area contributed by atoms with Crippen LogP contribution < -0.4 is 5.32 Å². The van der Waals surface area contributed by atoms with Crippen molar-refractivity contribution in [3.63, 3.8) is 0 Å². The molecule has 1 aromatic heterocycles. The second kappa shape index (κ2) is 5.38. The van der Waals surface area contributed by atoms with Crippen molar-refractivity contribution in [3.05, 3.63) is 84.4 Å². The van der Waals surface area contributed by atoms with Gasteiger partial charge in [-0.05, 0) is 41.5 Å². The summed E-state index contributed by atoms with van der Waals surface area (Å²) in [7, 11) is 0. The van der Waals surface area contributed by atoms with Gasteiger partial charge < -0.3 is 9.73 Å². The van der Waals surface area contributed by atoms with Gasteiger partial charge in [-0.3, -0.25) is 0 Å². The molecule has 25 heavy (non-hydrogen) atoms. The van der Waals surface area contributed by atoms with Gasteiger partial charge >= 0.3 is 0 Å². The normalized spacial score (nSPS) is 11.4. The highest BCUT2D eigenvalue weighted by atomic mass is 16.3. The minimum absolute atomic E-state index is 0.900. The molecule has 1 heterocycles. The second-order valence-electron chi connectivity index (χ2n) is 6.38. The van der Waals surface area contributed by atoms with Crippen LogP contribution in [0.25, 0.3) is 32.7 Å². The maximum Gasteiger partial charge on any atom is 0.158 e. The highest BCUT2D eigenvalue weighted by Crippen LogP contribution is 2.38. The summed E-state index contributed by atoms with van der Waals surface area (Å²) < 4.78 is 6.24. The van der Waals surface area contributed by atoms with E-state index < -0.39 is 0 Å². The van der Waals surface area contributed by atoms with Crippen molar-refractivity contribution in [2.45, 2.75) is 6.92 Å². The van der Waals surface area contributed by atoms with Gasteiger partial charge in [-0.25, -0.2) is 0 Å². The molecule has 4 aromatic carbocycles. The third-order valence-electron chi connectivity index (χ3n) is 4.80. The quantitative estimate of drug-likeness (QED) is 0.387. The summed E-state index contributed by atoms with van der Waals surface area (Å²) in [6.07, 6.45) is 0. The van der Waals surface area contributed by atoms with E-state index in [4.69, 9.17) is 4.42 Å². The average molecular weight is 323 g/mol. The van der Waals surface area contributed by atoms with Crippen molar-refractivity contribution in [3.8, 4) is 0 Å². The molecular weight excluding hydrogens is 306 g/mol. The Kier molecular flexibility index (Phi) is 3.04. The first-order chi connectivity index (χ1) is 12.3. The van der Waals surface area contributed by atoms with E-state index in [1.807, 2.05) is 6.07 Å². The molecule has 2 nitrogen and oxygen atoms in total. The van der Waals surface area contributed by atoms with Gasteiger partial charge in [-0.2, -0.15) is 0 Å². The van der Waals surface area contributed by atoms with E-state index in [0.717, 1.165) is 27.9 Å². The van der Waals surface area contributed by atoms with E-state index >= 15 is 0 Å². The monoisotopic (exact) mass is 323 g/mol. The first kappa shape index (κ1) is 14.1. The van der Waals surface area contributed by atoms with Gasteiger partial charge in [0.1, 0.15) is 5.58 Å². The zero-order valence-corrected chi connectivity index (χ0v) is 13.9. The standard InChI is InChI=1S/C23H17NO/c1-15-7-2-5-11-19(15)24-20-12-6-10-18-22-17-9-4-3-8-16(17)13-14-21(22)25-23(18)20/h2-14,24H,1H3. The first-order valence-corrected chi connectivity index (χ1v) is 8.47. The van der Waals surface area contributed by atoms with Crippen LogP contribution in [-0.2, 0) is 0 Å². The number of hydrogen-bond acceptors (Lipinski definition) is 2. The number of para-hydroxylation sites is 2. The zero-order chi connectivity index (χ0) is 16.8. The van der Waals surface area contributed by atoms with E-state index in [1.54, 1.807) is 0 Å². The van der Waals surface area contributed by atoms with Crippen molar-refractivity contribution in [1.82, 2.24) is 0 Å². The van der Waals surface area contributed by atoms with Crippen LogP contribution in [0.4, 0.5) is 11.4 Å². The molecular formula is C23H17NO. The van der Waals surface area contributed by atoms with Crippen LogP contribution in [0, 0.1) is 6.92 Å². The van der Waals surface area contributed by atoms with Gasteiger partial charge in [-0.15, -0.1) is 0 Å². The predicted octanol–water partition coefficient (Wildman–Crippen LogP) is 6.79. The number of benzene rings is 4. The van der Waals surface area contributed by atoms with E-state index in [0.29, 0.717) is 0 Å². The highest BCUT2D eigenvalue weighted by molar-refractivity contribution is 6.20. The lowest BCUT2D eigenvalue weighted by molar-refractivity contribution is 0.670. The summed E-state index contributed by atoms with van der Waals surface area (Å²) in [5.41, 5.74) is 5.12. The number of nitrogens with one attached hydrogen (secondary N) is 1. The Morgan fingerprint density at radius 2 is 1.44 bits per heavy atom. The van der Waals surface area contributed by atoms with Gasteiger partial charge in [0, 0.05) is 16.5 Å². The lowest BCUT2D eigenvalue weighted by Crippen LogP contribution is -1.92. The largest absolute Gasteiger partial charge is 0.454 e. The highest BCUT2D eigenvalue weighted by Gasteiger charge is 2.13. The van der Waals surface area contributed by atoms with E-state index in [2.05, 4.69) is 85.0 Å². The van der Waals surface area contributed by atoms with Crippen LogP contribution in [0.3, 0.4) is 0 Å². The topological polar surface area (TPSA) is 25.2 Å². The van der Waals surface area contributed by atoms with Gasteiger partial charge in [0.15, 0.2) is 5.58 Å². The molecule has 120 valence electrons. The predicted molar refractivity (Wildman–Crippen MR) is 106 cm³/mol. The summed E-state index contributed by atoms with van der Waals surface area (Å²) in [6, 6.07) is 27.2. The number of aryl methyl sites for hydroxylation is 1. The Morgan fingerprint density at radius 3 is 2.36 bits per heavy atom. The molecule has 0 aliphatic carbocycles. The van der Waals surface area contributed by atoms with Crippen molar-refractivity contribution in [1.29, 1.82) is 0 Å². The summed E-state index contributed by atoms with van der Waals surface area (Å²) in [5.74, 6) is 0. The van der Waals surface area contributed by atoms with Crippen LogP contribution >= 0.6 is 0 Å². The van der Waals surface area contributed by atoms with Crippen LogP contribution in [0.5, 0.6) is 0 Å². The van der Waals surface area contributed by atoms with Gasteiger partial charge in [-0.1, -0.05) is 60.7 Å². The molecule has 0 spiro atoms. The van der Waals surface area contributed by atoms with Gasteiger partial charge in [0.25, 0.3) is 0 Å².